The van der Waals surface area contributed by atoms with Crippen LogP contribution in [0.2, 0.25) is 0 Å². The van der Waals surface area contributed by atoms with Crippen molar-refractivity contribution in [1.29, 1.82) is 0 Å². The highest BCUT2D eigenvalue weighted by molar-refractivity contribution is 7.09. The molecule has 1 aromatic rings. The van der Waals surface area contributed by atoms with Gasteiger partial charge in [-0.3, -0.25) is 0 Å². The summed E-state index contributed by atoms with van der Waals surface area (Å²) >= 11 is 1.69. The van der Waals surface area contributed by atoms with Crippen LogP contribution in [-0.4, -0.2) is 37.0 Å². The average Bonchev–Trinajstić information content (AvgIpc) is 2.84. The van der Waals surface area contributed by atoms with Gasteiger partial charge in [-0.15, -0.1) is 11.3 Å². The van der Waals surface area contributed by atoms with Crippen LogP contribution in [0.4, 0.5) is 0 Å². The molecule has 0 bridgehead atoms. The Balaban J connectivity index is 1.88. The zero-order valence-electron chi connectivity index (χ0n) is 9.15. The summed E-state index contributed by atoms with van der Waals surface area (Å²) in [6.07, 6.45) is 3.99. The molecular formula is C11H16N2O2S. The van der Waals surface area contributed by atoms with Crippen molar-refractivity contribution in [3.8, 4) is 0 Å². The van der Waals surface area contributed by atoms with E-state index < -0.39 is 0 Å². The van der Waals surface area contributed by atoms with Crippen molar-refractivity contribution in [3.05, 3.63) is 16.6 Å². The number of nitrogens with one attached hydrogen (secondary N) is 1. The van der Waals surface area contributed by atoms with Crippen LogP contribution in [0.3, 0.4) is 0 Å². The summed E-state index contributed by atoms with van der Waals surface area (Å²) in [6, 6.07) is 0.196. The zero-order valence-corrected chi connectivity index (χ0v) is 9.96. The van der Waals surface area contributed by atoms with E-state index in [-0.39, 0.29) is 11.6 Å². The minimum Gasteiger partial charge on any atom is -0.378 e. The van der Waals surface area contributed by atoms with E-state index in [1.807, 2.05) is 11.6 Å². The predicted octanol–water partition coefficient (Wildman–Crippen LogP) is 1.35. The number of aromatic nitrogens is 1. The van der Waals surface area contributed by atoms with Gasteiger partial charge in [0, 0.05) is 24.7 Å². The van der Waals surface area contributed by atoms with Crippen LogP contribution in [0, 0.1) is 0 Å². The highest BCUT2D eigenvalue weighted by Crippen LogP contribution is 2.38. The van der Waals surface area contributed by atoms with E-state index in [9.17, 15) is 0 Å². The van der Waals surface area contributed by atoms with Gasteiger partial charge < -0.3 is 14.8 Å². The standard InChI is InChI=1S/C11H16N2O2S/c1-2-11(8-14-5-1)9(12-3-6-15-11)10-13-4-7-16-10/h4,7,9,12H,1-3,5-6,8H2. The van der Waals surface area contributed by atoms with Crippen molar-refractivity contribution in [2.24, 2.45) is 0 Å². The second-order valence-electron chi connectivity index (χ2n) is 4.33. The number of hydrogen-bond donors (Lipinski definition) is 1. The second-order valence-corrected chi connectivity index (χ2v) is 5.25. The smallest absolute Gasteiger partial charge is 0.113 e. The van der Waals surface area contributed by atoms with Crippen LogP contribution in [0.1, 0.15) is 23.9 Å². The van der Waals surface area contributed by atoms with Gasteiger partial charge in [-0.1, -0.05) is 0 Å². The molecule has 1 N–H and O–H groups in total. The van der Waals surface area contributed by atoms with Crippen molar-refractivity contribution in [3.63, 3.8) is 0 Å². The summed E-state index contributed by atoms with van der Waals surface area (Å²) in [5.41, 5.74) is -0.186. The van der Waals surface area contributed by atoms with E-state index >= 15 is 0 Å². The van der Waals surface area contributed by atoms with Crippen molar-refractivity contribution in [2.45, 2.75) is 24.5 Å². The molecule has 2 aliphatic rings. The second kappa shape index (κ2) is 4.41. The van der Waals surface area contributed by atoms with Crippen molar-refractivity contribution in [2.75, 3.05) is 26.4 Å². The zero-order chi connectivity index (χ0) is 10.8. The number of hydrogen-bond acceptors (Lipinski definition) is 5. The Morgan fingerprint density at radius 1 is 1.50 bits per heavy atom. The van der Waals surface area contributed by atoms with E-state index in [0.717, 1.165) is 37.6 Å². The van der Waals surface area contributed by atoms with Gasteiger partial charge in [0.1, 0.15) is 10.6 Å². The molecule has 0 aliphatic carbocycles. The quantitative estimate of drug-likeness (QED) is 0.805. The molecule has 1 spiro atoms. The van der Waals surface area contributed by atoms with Gasteiger partial charge in [0.2, 0.25) is 0 Å². The summed E-state index contributed by atoms with van der Waals surface area (Å²) in [5.74, 6) is 0. The van der Waals surface area contributed by atoms with E-state index in [4.69, 9.17) is 9.47 Å². The van der Waals surface area contributed by atoms with Crippen LogP contribution < -0.4 is 5.32 Å². The SMILES string of the molecule is c1csc(C2NCCOC23CCCOC3)n1. The van der Waals surface area contributed by atoms with Gasteiger partial charge in [0.25, 0.3) is 0 Å². The normalized spacial score (nSPS) is 35.4. The fourth-order valence-corrected chi connectivity index (χ4v) is 3.37. The molecule has 2 fully saturated rings. The molecule has 2 aliphatic heterocycles. The predicted molar refractivity (Wildman–Crippen MR) is 61.6 cm³/mol. The van der Waals surface area contributed by atoms with E-state index in [1.54, 1.807) is 11.3 Å². The molecule has 2 atom stereocenters. The number of rotatable bonds is 1. The number of ether oxygens (including phenoxy) is 2. The van der Waals surface area contributed by atoms with Crippen LogP contribution >= 0.6 is 11.3 Å². The number of thiazole rings is 1. The molecule has 0 amide bonds. The summed E-state index contributed by atoms with van der Waals surface area (Å²) in [5, 5.41) is 6.66. The Kier molecular flexibility index (Phi) is 2.93. The van der Waals surface area contributed by atoms with Gasteiger partial charge in [-0.2, -0.15) is 0 Å². The molecule has 0 radical (unpaired) electrons. The van der Waals surface area contributed by atoms with Gasteiger partial charge in [-0.05, 0) is 12.8 Å². The van der Waals surface area contributed by atoms with Gasteiger partial charge >= 0.3 is 0 Å². The summed E-state index contributed by atoms with van der Waals surface area (Å²) in [6.45, 7) is 3.21. The Hall–Kier alpha value is -0.490. The highest BCUT2D eigenvalue weighted by Gasteiger charge is 2.45. The van der Waals surface area contributed by atoms with Crippen LogP contribution in [-0.2, 0) is 9.47 Å². The average molecular weight is 240 g/mol. The van der Waals surface area contributed by atoms with Crippen LogP contribution in [0.15, 0.2) is 11.6 Å². The Labute approximate surface area is 99.0 Å². The molecule has 4 nitrogen and oxygen atoms in total. The van der Waals surface area contributed by atoms with Gasteiger partial charge in [-0.25, -0.2) is 4.98 Å². The molecule has 3 heterocycles. The summed E-state index contributed by atoms with van der Waals surface area (Å²) in [4.78, 5) is 4.41. The van der Waals surface area contributed by atoms with E-state index in [1.165, 1.54) is 0 Å². The highest BCUT2D eigenvalue weighted by atomic mass is 32.1. The first-order chi connectivity index (χ1) is 7.91. The first-order valence-corrected chi connectivity index (χ1v) is 6.63. The maximum Gasteiger partial charge on any atom is 0.113 e. The lowest BCUT2D eigenvalue weighted by atomic mass is 9.87. The Morgan fingerprint density at radius 2 is 2.50 bits per heavy atom. The monoisotopic (exact) mass is 240 g/mol. The Bertz CT molecular complexity index is 327. The fourth-order valence-electron chi connectivity index (χ4n) is 2.55. The topological polar surface area (TPSA) is 43.4 Å². The molecule has 2 unspecified atom stereocenters. The van der Waals surface area contributed by atoms with E-state index in [0.29, 0.717) is 6.61 Å². The molecule has 0 aromatic carbocycles. The molecule has 16 heavy (non-hydrogen) atoms. The third kappa shape index (κ3) is 1.78. The molecule has 3 rings (SSSR count). The number of morpholine rings is 1. The van der Waals surface area contributed by atoms with Crippen molar-refractivity contribution >= 4 is 11.3 Å². The number of nitrogens with zero attached hydrogens (tertiary/aromatic N) is 1. The third-order valence-electron chi connectivity index (χ3n) is 3.30. The summed E-state index contributed by atoms with van der Waals surface area (Å²) in [7, 11) is 0. The first kappa shape index (κ1) is 10.7. The molecule has 5 heteroatoms. The third-order valence-corrected chi connectivity index (χ3v) is 4.14. The van der Waals surface area contributed by atoms with Crippen LogP contribution in [0.25, 0.3) is 0 Å². The lowest BCUT2D eigenvalue weighted by molar-refractivity contribution is -0.165. The molecular weight excluding hydrogens is 224 g/mol. The maximum absolute atomic E-state index is 6.02. The fraction of sp³-hybridized carbons (Fsp3) is 0.727. The van der Waals surface area contributed by atoms with Crippen LogP contribution in [0.5, 0.6) is 0 Å². The molecule has 1 aromatic heterocycles. The van der Waals surface area contributed by atoms with Crippen molar-refractivity contribution in [1.82, 2.24) is 10.3 Å². The van der Waals surface area contributed by atoms with Gasteiger partial charge in [0.15, 0.2) is 0 Å². The minimum atomic E-state index is -0.186. The minimum absolute atomic E-state index is 0.186. The molecule has 88 valence electrons. The Morgan fingerprint density at radius 3 is 3.25 bits per heavy atom. The largest absolute Gasteiger partial charge is 0.378 e. The lowest BCUT2D eigenvalue weighted by Gasteiger charge is -2.45. The van der Waals surface area contributed by atoms with E-state index in [2.05, 4.69) is 10.3 Å². The first-order valence-electron chi connectivity index (χ1n) is 5.75. The maximum atomic E-state index is 6.02. The van der Waals surface area contributed by atoms with Crippen molar-refractivity contribution < 1.29 is 9.47 Å². The lowest BCUT2D eigenvalue weighted by Crippen LogP contribution is -2.56. The summed E-state index contributed by atoms with van der Waals surface area (Å²) < 4.78 is 11.6. The molecule has 2 saturated heterocycles. The molecule has 0 saturated carbocycles. The van der Waals surface area contributed by atoms with Gasteiger partial charge in [0.05, 0.1) is 19.3 Å².